The lowest BCUT2D eigenvalue weighted by molar-refractivity contribution is 0.415. The molecular weight excluding hydrogens is 304 g/mol. The van der Waals surface area contributed by atoms with E-state index in [1.807, 2.05) is 48.6 Å². The number of rotatable bonds is 4. The summed E-state index contributed by atoms with van der Waals surface area (Å²) in [6.45, 7) is 0. The Balaban J connectivity index is 2.02. The first-order chi connectivity index (χ1) is 9.19. The van der Waals surface area contributed by atoms with Crippen molar-refractivity contribution in [1.82, 2.24) is 0 Å². The van der Waals surface area contributed by atoms with Crippen LogP contribution in [-0.4, -0.2) is 12.2 Å². The Morgan fingerprint density at radius 1 is 1.16 bits per heavy atom. The molecule has 0 bridgehead atoms. The second-order valence-corrected chi connectivity index (χ2v) is 5.07. The van der Waals surface area contributed by atoms with Gasteiger partial charge in [0.1, 0.15) is 11.5 Å². The Labute approximate surface area is 121 Å². The fourth-order valence-electron chi connectivity index (χ4n) is 1.75. The molecule has 2 aromatic carbocycles. The average molecular weight is 319 g/mol. The van der Waals surface area contributed by atoms with Crippen molar-refractivity contribution < 1.29 is 9.84 Å². The number of hydrogen-bond acceptors (Lipinski definition) is 2. The van der Waals surface area contributed by atoms with Crippen molar-refractivity contribution in [2.75, 3.05) is 7.11 Å². The summed E-state index contributed by atoms with van der Waals surface area (Å²) in [5, 5.41) is 9.78. The summed E-state index contributed by atoms with van der Waals surface area (Å²) in [6.07, 6.45) is 4.76. The van der Waals surface area contributed by atoms with Crippen molar-refractivity contribution in [3.05, 3.63) is 64.1 Å². The van der Waals surface area contributed by atoms with E-state index in [9.17, 15) is 5.11 Å². The van der Waals surface area contributed by atoms with E-state index in [1.165, 1.54) is 0 Å². The van der Waals surface area contributed by atoms with E-state index in [2.05, 4.69) is 15.9 Å². The summed E-state index contributed by atoms with van der Waals surface area (Å²) >= 11 is 3.32. The Bertz CT molecular complexity index is 574. The normalized spacial score (nSPS) is 10.8. The third kappa shape index (κ3) is 3.86. The number of benzene rings is 2. The summed E-state index contributed by atoms with van der Waals surface area (Å²) in [5.41, 5.74) is 2.02. The van der Waals surface area contributed by atoms with E-state index < -0.39 is 0 Å². The lowest BCUT2D eigenvalue weighted by atomic mass is 10.1. The van der Waals surface area contributed by atoms with Gasteiger partial charge in [0, 0.05) is 4.47 Å². The number of halogens is 1. The number of hydrogen-bond donors (Lipinski definition) is 1. The first kappa shape index (κ1) is 13.7. The number of ether oxygens (including phenoxy) is 1. The van der Waals surface area contributed by atoms with Crippen molar-refractivity contribution in [2.24, 2.45) is 0 Å². The van der Waals surface area contributed by atoms with E-state index in [4.69, 9.17) is 4.74 Å². The van der Waals surface area contributed by atoms with E-state index in [1.54, 1.807) is 13.2 Å². The number of phenolic OH excluding ortho intramolecular Hbond substituents is 1. The molecule has 98 valence electrons. The van der Waals surface area contributed by atoms with Crippen molar-refractivity contribution in [2.45, 2.75) is 6.42 Å². The zero-order valence-corrected chi connectivity index (χ0v) is 12.2. The molecule has 1 N–H and O–H groups in total. The molecule has 0 heterocycles. The summed E-state index contributed by atoms with van der Waals surface area (Å²) in [4.78, 5) is 0. The molecule has 0 aliphatic rings. The van der Waals surface area contributed by atoms with Gasteiger partial charge >= 0.3 is 0 Å². The summed E-state index contributed by atoms with van der Waals surface area (Å²) in [7, 11) is 1.65. The maximum absolute atomic E-state index is 9.78. The van der Waals surface area contributed by atoms with E-state index in [-0.39, 0.29) is 0 Å². The molecule has 0 unspecified atom stereocenters. The van der Waals surface area contributed by atoms with Crippen LogP contribution in [0.3, 0.4) is 0 Å². The maximum Gasteiger partial charge on any atom is 0.120 e. The summed E-state index contributed by atoms with van der Waals surface area (Å²) in [5.74, 6) is 1.16. The van der Waals surface area contributed by atoms with Gasteiger partial charge in [-0.15, -0.1) is 0 Å². The molecule has 2 aromatic rings. The van der Waals surface area contributed by atoms with E-state index in [0.717, 1.165) is 21.3 Å². The molecule has 0 amide bonds. The van der Waals surface area contributed by atoms with Crippen molar-refractivity contribution >= 4 is 22.0 Å². The molecule has 0 fully saturated rings. The van der Waals surface area contributed by atoms with Crippen LogP contribution in [0.4, 0.5) is 0 Å². The van der Waals surface area contributed by atoms with Gasteiger partial charge in [0.15, 0.2) is 0 Å². The van der Waals surface area contributed by atoms with Gasteiger partial charge in [-0.2, -0.15) is 0 Å². The minimum Gasteiger partial charge on any atom is -0.508 e. The second-order valence-electron chi connectivity index (χ2n) is 4.15. The standard InChI is InChI=1S/C16H15BrO2/c1-19-15-9-5-12(6-10-15)3-2-4-13-7-8-14(17)11-16(13)18/h2-3,5-11,18H,4H2,1H3/b3-2+. The number of phenols is 1. The maximum atomic E-state index is 9.78. The largest absolute Gasteiger partial charge is 0.508 e. The van der Waals surface area contributed by atoms with Crippen LogP contribution >= 0.6 is 15.9 Å². The third-order valence-corrected chi connectivity index (χ3v) is 3.30. The minimum absolute atomic E-state index is 0.314. The minimum atomic E-state index is 0.314. The van der Waals surface area contributed by atoms with Crippen LogP contribution in [0.5, 0.6) is 11.5 Å². The average Bonchev–Trinajstić information content (AvgIpc) is 2.42. The zero-order chi connectivity index (χ0) is 13.7. The highest BCUT2D eigenvalue weighted by Gasteiger charge is 1.99. The zero-order valence-electron chi connectivity index (χ0n) is 10.6. The SMILES string of the molecule is COc1ccc(/C=C/Cc2ccc(Br)cc2O)cc1. The number of methoxy groups -OCH3 is 1. The molecule has 0 aromatic heterocycles. The quantitative estimate of drug-likeness (QED) is 0.904. The first-order valence-electron chi connectivity index (χ1n) is 5.97. The molecule has 3 heteroatoms. The smallest absolute Gasteiger partial charge is 0.120 e. The van der Waals surface area contributed by atoms with Gasteiger partial charge in [0.05, 0.1) is 7.11 Å². The van der Waals surface area contributed by atoms with Gasteiger partial charge in [-0.3, -0.25) is 0 Å². The molecular formula is C16H15BrO2. The molecule has 0 radical (unpaired) electrons. The van der Waals surface area contributed by atoms with Crippen LogP contribution < -0.4 is 4.74 Å². The lowest BCUT2D eigenvalue weighted by Gasteiger charge is -2.02. The van der Waals surface area contributed by atoms with Crippen LogP contribution in [-0.2, 0) is 6.42 Å². The van der Waals surface area contributed by atoms with Crippen LogP contribution in [0.1, 0.15) is 11.1 Å². The monoisotopic (exact) mass is 318 g/mol. The first-order valence-corrected chi connectivity index (χ1v) is 6.76. The summed E-state index contributed by atoms with van der Waals surface area (Å²) in [6, 6.07) is 13.4. The molecule has 0 spiro atoms. The highest BCUT2D eigenvalue weighted by molar-refractivity contribution is 9.10. The molecule has 0 atom stereocenters. The molecule has 19 heavy (non-hydrogen) atoms. The van der Waals surface area contributed by atoms with Crippen molar-refractivity contribution in [3.8, 4) is 11.5 Å². The van der Waals surface area contributed by atoms with Crippen LogP contribution in [0.2, 0.25) is 0 Å². The Morgan fingerprint density at radius 2 is 1.89 bits per heavy atom. The number of allylic oxidation sites excluding steroid dienone is 1. The van der Waals surface area contributed by atoms with Crippen LogP contribution in [0.25, 0.3) is 6.08 Å². The Kier molecular flexibility index (Phi) is 4.63. The molecule has 0 aliphatic heterocycles. The third-order valence-electron chi connectivity index (χ3n) is 2.81. The van der Waals surface area contributed by atoms with Gasteiger partial charge in [-0.05, 0) is 41.8 Å². The van der Waals surface area contributed by atoms with Gasteiger partial charge in [-0.1, -0.05) is 46.3 Å². The van der Waals surface area contributed by atoms with Gasteiger partial charge in [0.25, 0.3) is 0 Å². The lowest BCUT2D eigenvalue weighted by Crippen LogP contribution is -1.83. The van der Waals surface area contributed by atoms with Crippen molar-refractivity contribution in [1.29, 1.82) is 0 Å². The highest BCUT2D eigenvalue weighted by Crippen LogP contribution is 2.23. The number of aromatic hydroxyl groups is 1. The predicted octanol–water partition coefficient (Wildman–Crippen LogP) is 4.42. The fourth-order valence-corrected chi connectivity index (χ4v) is 2.10. The molecule has 2 nitrogen and oxygen atoms in total. The van der Waals surface area contributed by atoms with Crippen LogP contribution in [0.15, 0.2) is 53.0 Å². The van der Waals surface area contributed by atoms with Gasteiger partial charge in [0.2, 0.25) is 0 Å². The Morgan fingerprint density at radius 3 is 2.53 bits per heavy atom. The topological polar surface area (TPSA) is 29.5 Å². The van der Waals surface area contributed by atoms with Crippen molar-refractivity contribution in [3.63, 3.8) is 0 Å². The molecule has 0 saturated carbocycles. The van der Waals surface area contributed by atoms with Crippen LogP contribution in [0, 0.1) is 0 Å². The van der Waals surface area contributed by atoms with Gasteiger partial charge < -0.3 is 9.84 Å². The molecule has 0 aliphatic carbocycles. The second kappa shape index (κ2) is 6.43. The fraction of sp³-hybridized carbons (Fsp3) is 0.125. The molecule has 2 rings (SSSR count). The highest BCUT2D eigenvalue weighted by atomic mass is 79.9. The Hall–Kier alpha value is -1.74. The van der Waals surface area contributed by atoms with E-state index in [0.29, 0.717) is 12.2 Å². The molecule has 0 saturated heterocycles. The summed E-state index contributed by atoms with van der Waals surface area (Å²) < 4.78 is 5.99. The van der Waals surface area contributed by atoms with E-state index >= 15 is 0 Å². The van der Waals surface area contributed by atoms with Gasteiger partial charge in [-0.25, -0.2) is 0 Å². The predicted molar refractivity (Wildman–Crippen MR) is 81.5 cm³/mol.